The van der Waals surface area contributed by atoms with E-state index in [9.17, 15) is 8.78 Å². The molecule has 0 radical (unpaired) electrons. The first-order chi connectivity index (χ1) is 9.93. The Labute approximate surface area is 120 Å². The molecule has 112 valence electrons. The highest BCUT2D eigenvalue weighted by molar-refractivity contribution is 5.60. The number of anilines is 2. The van der Waals surface area contributed by atoms with E-state index in [-0.39, 0.29) is 11.5 Å². The molecule has 3 rings (SSSR count). The molecule has 0 atom stereocenters. The van der Waals surface area contributed by atoms with Gasteiger partial charge in [0.2, 0.25) is 5.95 Å². The molecule has 21 heavy (non-hydrogen) atoms. The second-order valence-electron chi connectivity index (χ2n) is 5.25. The first-order valence-electron chi connectivity index (χ1n) is 6.61. The molecule has 0 aliphatic carbocycles. The number of halogens is 2. The van der Waals surface area contributed by atoms with Crippen molar-refractivity contribution in [2.75, 3.05) is 5.32 Å². The van der Waals surface area contributed by atoms with Crippen LogP contribution in [-0.4, -0.2) is 15.8 Å². The van der Waals surface area contributed by atoms with E-state index in [0.717, 1.165) is 6.54 Å². The molecule has 1 aromatic heterocycles. The normalized spacial score (nSPS) is 15.5. The predicted molar refractivity (Wildman–Crippen MR) is 73.0 cm³/mol. The summed E-state index contributed by atoms with van der Waals surface area (Å²) in [7, 11) is 0. The monoisotopic (exact) mass is 295 g/mol. The summed E-state index contributed by atoms with van der Waals surface area (Å²) in [5.41, 5.74) is 0.603. The van der Waals surface area contributed by atoms with Crippen LogP contribution >= 0.6 is 0 Å². The van der Waals surface area contributed by atoms with E-state index in [1.807, 2.05) is 10.8 Å². The fourth-order valence-electron chi connectivity index (χ4n) is 2.13. The third-order valence-electron chi connectivity index (χ3n) is 2.93. The van der Waals surface area contributed by atoms with Crippen LogP contribution in [0.4, 0.5) is 20.4 Å². The Morgan fingerprint density at radius 3 is 2.81 bits per heavy atom. The molecule has 0 fully saturated rings. The highest BCUT2D eigenvalue weighted by Crippen LogP contribution is 2.42. The molecule has 0 bridgehead atoms. The number of ether oxygens (including phenoxy) is 2. The van der Waals surface area contributed by atoms with Gasteiger partial charge in [-0.15, -0.1) is 8.78 Å². The molecule has 0 amide bonds. The summed E-state index contributed by atoms with van der Waals surface area (Å²) in [4.78, 5) is 4.22. The van der Waals surface area contributed by atoms with Gasteiger partial charge in [-0.1, -0.05) is 13.8 Å². The minimum absolute atomic E-state index is 0.00645. The Morgan fingerprint density at radius 1 is 1.29 bits per heavy atom. The van der Waals surface area contributed by atoms with E-state index in [0.29, 0.717) is 17.6 Å². The van der Waals surface area contributed by atoms with Gasteiger partial charge in [-0.3, -0.25) is 0 Å². The van der Waals surface area contributed by atoms with Gasteiger partial charge in [0.15, 0.2) is 11.5 Å². The summed E-state index contributed by atoms with van der Waals surface area (Å²) in [5.74, 6) is 1.15. The molecule has 1 N–H and O–H groups in total. The van der Waals surface area contributed by atoms with Crippen molar-refractivity contribution in [2.45, 2.75) is 26.7 Å². The zero-order valence-corrected chi connectivity index (χ0v) is 11.6. The number of fused-ring (bicyclic) bond motifs is 1. The van der Waals surface area contributed by atoms with Crippen molar-refractivity contribution in [3.63, 3.8) is 0 Å². The van der Waals surface area contributed by atoms with Crippen molar-refractivity contribution < 1.29 is 18.3 Å². The Morgan fingerprint density at radius 2 is 2.05 bits per heavy atom. The summed E-state index contributed by atoms with van der Waals surface area (Å²) < 4.78 is 36.7. The second-order valence-corrected chi connectivity index (χ2v) is 5.25. The zero-order chi connectivity index (χ0) is 15.0. The molecule has 7 heteroatoms. The molecule has 5 nitrogen and oxygen atoms in total. The molecule has 0 saturated carbocycles. The van der Waals surface area contributed by atoms with E-state index in [2.05, 4.69) is 33.6 Å². The Bertz CT molecular complexity index is 655. The predicted octanol–water partition coefficient (Wildman–Crippen LogP) is 3.60. The standard InChI is InChI=1S/C14H15F2N3O2/c1-9(2)8-19-6-5-17-13(19)18-10-3-4-11-12(7-10)21-14(15,16)20-11/h3-7,9H,8H2,1-2H3,(H,17,18). The number of nitrogens with one attached hydrogen (secondary N) is 1. The third-order valence-corrected chi connectivity index (χ3v) is 2.93. The lowest BCUT2D eigenvalue weighted by molar-refractivity contribution is -0.286. The average molecular weight is 295 g/mol. The van der Waals surface area contributed by atoms with Crippen molar-refractivity contribution >= 4 is 11.6 Å². The van der Waals surface area contributed by atoms with Crippen molar-refractivity contribution in [3.8, 4) is 11.5 Å². The van der Waals surface area contributed by atoms with Crippen LogP contribution in [0.25, 0.3) is 0 Å². The van der Waals surface area contributed by atoms with Crippen molar-refractivity contribution in [2.24, 2.45) is 5.92 Å². The third kappa shape index (κ3) is 2.91. The molecule has 0 unspecified atom stereocenters. The summed E-state index contributed by atoms with van der Waals surface area (Å²) in [6.07, 6.45) is -0.0492. The SMILES string of the molecule is CC(C)Cn1ccnc1Nc1ccc2c(c1)OC(F)(F)O2. The van der Waals surface area contributed by atoms with Crippen LogP contribution in [-0.2, 0) is 6.54 Å². The van der Waals surface area contributed by atoms with Crippen LogP contribution in [0.1, 0.15) is 13.8 Å². The van der Waals surface area contributed by atoms with Crippen molar-refractivity contribution in [1.82, 2.24) is 9.55 Å². The number of hydrogen-bond donors (Lipinski definition) is 1. The van der Waals surface area contributed by atoms with Crippen LogP contribution in [0, 0.1) is 5.92 Å². The number of aromatic nitrogens is 2. The van der Waals surface area contributed by atoms with Gasteiger partial charge in [-0.05, 0) is 18.1 Å². The van der Waals surface area contributed by atoms with E-state index in [1.165, 1.54) is 12.1 Å². The number of rotatable bonds is 4. The minimum Gasteiger partial charge on any atom is -0.395 e. The molecule has 1 aromatic carbocycles. The van der Waals surface area contributed by atoms with E-state index in [4.69, 9.17) is 0 Å². The van der Waals surface area contributed by atoms with Crippen molar-refractivity contribution in [3.05, 3.63) is 30.6 Å². The maximum atomic E-state index is 13.0. The summed E-state index contributed by atoms with van der Waals surface area (Å²) in [6.45, 7) is 5.02. The van der Waals surface area contributed by atoms with Crippen LogP contribution in [0.5, 0.6) is 11.5 Å². The smallest absolute Gasteiger partial charge is 0.395 e. The molecule has 1 aliphatic rings. The van der Waals surface area contributed by atoms with Gasteiger partial charge in [-0.25, -0.2) is 4.98 Å². The molecule has 0 saturated heterocycles. The maximum Gasteiger partial charge on any atom is 0.586 e. The van der Waals surface area contributed by atoms with Crippen LogP contribution in [0.15, 0.2) is 30.6 Å². The largest absolute Gasteiger partial charge is 0.586 e. The lowest BCUT2D eigenvalue weighted by Gasteiger charge is -2.12. The van der Waals surface area contributed by atoms with Crippen LogP contribution < -0.4 is 14.8 Å². The lowest BCUT2D eigenvalue weighted by Crippen LogP contribution is -2.25. The number of benzene rings is 1. The molecule has 2 heterocycles. The molecule has 0 spiro atoms. The highest BCUT2D eigenvalue weighted by atomic mass is 19.3. The van der Waals surface area contributed by atoms with Crippen LogP contribution in [0.3, 0.4) is 0 Å². The first-order valence-corrected chi connectivity index (χ1v) is 6.61. The fraction of sp³-hybridized carbons (Fsp3) is 0.357. The van der Waals surface area contributed by atoms with Gasteiger partial charge in [0.05, 0.1) is 0 Å². The molecule has 2 aromatic rings. The first kappa shape index (κ1) is 13.7. The van der Waals surface area contributed by atoms with Gasteiger partial charge < -0.3 is 19.4 Å². The minimum atomic E-state index is -3.60. The number of imidazole rings is 1. The van der Waals surface area contributed by atoms with Crippen molar-refractivity contribution in [1.29, 1.82) is 0 Å². The van der Waals surface area contributed by atoms with Gasteiger partial charge in [0.1, 0.15) is 0 Å². The fourth-order valence-corrected chi connectivity index (χ4v) is 2.13. The van der Waals surface area contributed by atoms with Gasteiger partial charge in [0.25, 0.3) is 0 Å². The van der Waals surface area contributed by atoms with Gasteiger partial charge in [0, 0.05) is 30.7 Å². The number of nitrogens with zero attached hydrogens (tertiary/aromatic N) is 2. The molecular weight excluding hydrogens is 280 g/mol. The lowest BCUT2D eigenvalue weighted by atomic mass is 10.2. The van der Waals surface area contributed by atoms with Gasteiger partial charge in [-0.2, -0.15) is 0 Å². The Kier molecular flexibility index (Phi) is 3.19. The highest BCUT2D eigenvalue weighted by Gasteiger charge is 2.43. The van der Waals surface area contributed by atoms with Crippen LogP contribution in [0.2, 0.25) is 0 Å². The topological polar surface area (TPSA) is 48.3 Å². The maximum absolute atomic E-state index is 13.0. The Hall–Kier alpha value is -2.31. The summed E-state index contributed by atoms with van der Waals surface area (Å²) in [6, 6.07) is 4.54. The Balaban J connectivity index is 1.80. The number of hydrogen-bond acceptors (Lipinski definition) is 4. The number of alkyl halides is 2. The average Bonchev–Trinajstić information content (AvgIpc) is 2.91. The van der Waals surface area contributed by atoms with Gasteiger partial charge >= 0.3 is 6.29 Å². The van der Waals surface area contributed by atoms with E-state index in [1.54, 1.807) is 12.3 Å². The quantitative estimate of drug-likeness (QED) is 0.936. The summed E-state index contributed by atoms with van der Waals surface area (Å²) in [5, 5.41) is 3.09. The molecular formula is C14H15F2N3O2. The molecule has 1 aliphatic heterocycles. The van der Waals surface area contributed by atoms with E-state index < -0.39 is 6.29 Å². The second kappa shape index (κ2) is 4.91. The van der Waals surface area contributed by atoms with E-state index >= 15 is 0 Å². The summed E-state index contributed by atoms with van der Waals surface area (Å²) >= 11 is 0. The zero-order valence-electron chi connectivity index (χ0n) is 11.6.